The summed E-state index contributed by atoms with van der Waals surface area (Å²) in [5.74, 6) is -0.932. The van der Waals surface area contributed by atoms with Crippen molar-refractivity contribution < 1.29 is 14.7 Å². The van der Waals surface area contributed by atoms with Crippen molar-refractivity contribution in [1.29, 1.82) is 0 Å². The van der Waals surface area contributed by atoms with Crippen molar-refractivity contribution in [2.75, 3.05) is 18.4 Å². The molecule has 1 heterocycles. The van der Waals surface area contributed by atoms with Gasteiger partial charge < -0.3 is 15.7 Å². The topological polar surface area (TPSA) is 91.3 Å². The molecule has 8 heteroatoms. The second-order valence-electron chi connectivity index (χ2n) is 3.71. The van der Waals surface area contributed by atoms with Crippen molar-refractivity contribution >= 4 is 40.9 Å². The van der Waals surface area contributed by atoms with Crippen molar-refractivity contribution in [3.05, 3.63) is 22.3 Å². The number of carboxylic acids is 1. The van der Waals surface area contributed by atoms with Gasteiger partial charge in [0.1, 0.15) is 0 Å². The molecule has 1 aromatic heterocycles. The minimum atomic E-state index is -0.858. The number of carbonyl (C=O) groups excluding carboxylic acids is 1. The highest BCUT2D eigenvalue weighted by molar-refractivity contribution is 6.36. The van der Waals surface area contributed by atoms with Crippen LogP contribution in [0.3, 0.4) is 0 Å². The van der Waals surface area contributed by atoms with Gasteiger partial charge in [-0.2, -0.15) is 0 Å². The first-order valence-corrected chi connectivity index (χ1v) is 6.28. The Bertz CT molecular complexity index is 468. The molecule has 19 heavy (non-hydrogen) atoms. The van der Waals surface area contributed by atoms with E-state index in [0.29, 0.717) is 18.0 Å². The first-order chi connectivity index (χ1) is 8.99. The van der Waals surface area contributed by atoms with Crippen molar-refractivity contribution in [2.45, 2.75) is 12.8 Å². The number of anilines is 1. The number of hydrogen-bond acceptors (Lipinski definition) is 4. The molecule has 0 unspecified atom stereocenters. The predicted molar refractivity (Wildman–Crippen MR) is 72.6 cm³/mol. The Morgan fingerprint density at radius 3 is 2.74 bits per heavy atom. The number of pyridine rings is 1. The maximum atomic E-state index is 11.5. The highest BCUT2D eigenvalue weighted by Gasteiger charge is 2.07. The van der Waals surface area contributed by atoms with Gasteiger partial charge in [-0.05, 0) is 19.0 Å². The molecule has 3 N–H and O–H groups in total. The van der Waals surface area contributed by atoms with Crippen LogP contribution in [0.5, 0.6) is 0 Å². The summed E-state index contributed by atoms with van der Waals surface area (Å²) < 4.78 is 0. The summed E-state index contributed by atoms with van der Waals surface area (Å²) in [6.07, 6.45) is 1.91. The summed E-state index contributed by atoms with van der Waals surface area (Å²) in [6.45, 7) is 0.502. The molecule has 0 bridgehead atoms. The molecule has 0 atom stereocenters. The van der Waals surface area contributed by atoms with Crippen molar-refractivity contribution in [1.82, 2.24) is 10.3 Å². The van der Waals surface area contributed by atoms with Crippen LogP contribution in [0.1, 0.15) is 12.8 Å². The minimum Gasteiger partial charge on any atom is -0.481 e. The molecule has 6 nitrogen and oxygen atoms in total. The molecule has 0 saturated carbocycles. The van der Waals surface area contributed by atoms with Gasteiger partial charge in [-0.1, -0.05) is 23.2 Å². The quantitative estimate of drug-likeness (QED) is 0.668. The summed E-state index contributed by atoms with van der Waals surface area (Å²) >= 11 is 11.5. The van der Waals surface area contributed by atoms with Crippen LogP contribution in [0, 0.1) is 0 Å². The smallest absolute Gasteiger partial charge is 0.303 e. The number of rotatable bonds is 7. The number of carboxylic acid groups (broad SMARTS) is 1. The summed E-state index contributed by atoms with van der Waals surface area (Å²) in [6, 6.07) is 1.48. The summed E-state index contributed by atoms with van der Waals surface area (Å²) in [5.41, 5.74) is 0. The van der Waals surface area contributed by atoms with Crippen LogP contribution in [0.4, 0.5) is 5.82 Å². The Hall–Kier alpha value is -1.37. The molecule has 104 valence electrons. The maximum absolute atomic E-state index is 11.5. The molecule has 0 saturated heterocycles. The molecule has 0 aliphatic carbocycles. The number of aromatic nitrogens is 1. The van der Waals surface area contributed by atoms with Crippen LogP contribution < -0.4 is 10.6 Å². The third kappa shape index (κ3) is 6.37. The van der Waals surface area contributed by atoms with Gasteiger partial charge in [0.15, 0.2) is 5.82 Å². The van der Waals surface area contributed by atoms with Gasteiger partial charge in [-0.15, -0.1) is 0 Å². The SMILES string of the molecule is O=C(O)CCCNCC(=O)Nc1ncc(Cl)cc1Cl. The Morgan fingerprint density at radius 2 is 2.11 bits per heavy atom. The molecule has 0 aliphatic rings. The molecule has 1 aromatic rings. The number of hydrogen-bond donors (Lipinski definition) is 3. The van der Waals surface area contributed by atoms with E-state index in [4.69, 9.17) is 28.3 Å². The van der Waals surface area contributed by atoms with Crippen molar-refractivity contribution in [3.8, 4) is 0 Å². The van der Waals surface area contributed by atoms with Crippen LogP contribution in [0.15, 0.2) is 12.3 Å². The molecule has 0 aliphatic heterocycles. The van der Waals surface area contributed by atoms with Gasteiger partial charge in [-0.3, -0.25) is 9.59 Å². The largest absolute Gasteiger partial charge is 0.481 e. The second kappa shape index (κ2) is 7.93. The van der Waals surface area contributed by atoms with E-state index < -0.39 is 5.97 Å². The molecular weight excluding hydrogens is 293 g/mol. The third-order valence-corrected chi connectivity index (χ3v) is 2.59. The Kier molecular flexibility index (Phi) is 6.55. The van der Waals surface area contributed by atoms with E-state index in [-0.39, 0.29) is 29.7 Å². The van der Waals surface area contributed by atoms with E-state index in [0.717, 1.165) is 0 Å². The average Bonchev–Trinajstić information content (AvgIpc) is 2.32. The van der Waals surface area contributed by atoms with Crippen LogP contribution >= 0.6 is 23.2 Å². The first-order valence-electron chi connectivity index (χ1n) is 5.52. The van der Waals surface area contributed by atoms with Crippen LogP contribution in [-0.2, 0) is 9.59 Å². The maximum Gasteiger partial charge on any atom is 0.303 e. The van der Waals surface area contributed by atoms with E-state index in [1.54, 1.807) is 0 Å². The summed E-state index contributed by atoms with van der Waals surface area (Å²) in [5, 5.41) is 14.4. The lowest BCUT2D eigenvalue weighted by Crippen LogP contribution is -2.29. The fourth-order valence-corrected chi connectivity index (χ4v) is 1.68. The lowest BCUT2D eigenvalue weighted by molar-refractivity contribution is -0.137. The van der Waals surface area contributed by atoms with Gasteiger partial charge in [0.2, 0.25) is 5.91 Å². The van der Waals surface area contributed by atoms with Gasteiger partial charge in [-0.25, -0.2) is 4.98 Å². The van der Waals surface area contributed by atoms with Gasteiger partial charge in [0, 0.05) is 12.6 Å². The minimum absolute atomic E-state index is 0.0558. The highest BCUT2D eigenvalue weighted by Crippen LogP contribution is 2.22. The van der Waals surface area contributed by atoms with Gasteiger partial charge in [0.05, 0.1) is 16.6 Å². The van der Waals surface area contributed by atoms with E-state index in [2.05, 4.69) is 15.6 Å². The number of amides is 1. The molecule has 1 amide bonds. The zero-order valence-electron chi connectivity index (χ0n) is 9.95. The third-order valence-electron chi connectivity index (χ3n) is 2.10. The fraction of sp³-hybridized carbons (Fsp3) is 0.364. The Morgan fingerprint density at radius 1 is 1.37 bits per heavy atom. The summed E-state index contributed by atoms with van der Waals surface area (Å²) in [4.78, 5) is 25.7. The number of carbonyl (C=O) groups is 2. The first kappa shape index (κ1) is 15.7. The standard InChI is InChI=1S/C11H13Cl2N3O3/c12-7-4-8(13)11(15-5-7)16-9(17)6-14-3-1-2-10(18)19/h4-5,14H,1-3,6H2,(H,18,19)(H,15,16,17). The average molecular weight is 306 g/mol. The second-order valence-corrected chi connectivity index (χ2v) is 4.55. The normalized spacial score (nSPS) is 10.2. The Labute approximate surface area is 120 Å². The highest BCUT2D eigenvalue weighted by atomic mass is 35.5. The van der Waals surface area contributed by atoms with E-state index in [9.17, 15) is 9.59 Å². The summed E-state index contributed by atoms with van der Waals surface area (Å²) in [7, 11) is 0. The predicted octanol–water partition coefficient (Wildman–Crippen LogP) is 1.78. The van der Waals surface area contributed by atoms with E-state index in [1.165, 1.54) is 12.3 Å². The molecule has 0 spiro atoms. The number of nitrogens with one attached hydrogen (secondary N) is 2. The van der Waals surface area contributed by atoms with E-state index >= 15 is 0 Å². The van der Waals surface area contributed by atoms with Crippen molar-refractivity contribution in [3.63, 3.8) is 0 Å². The van der Waals surface area contributed by atoms with Crippen LogP contribution in [-0.4, -0.2) is 35.1 Å². The molecular formula is C11H13Cl2N3O3. The molecule has 0 aromatic carbocycles. The number of halogens is 2. The molecule has 0 fully saturated rings. The number of nitrogens with zero attached hydrogens (tertiary/aromatic N) is 1. The van der Waals surface area contributed by atoms with Crippen LogP contribution in [0.2, 0.25) is 10.0 Å². The van der Waals surface area contributed by atoms with Crippen molar-refractivity contribution in [2.24, 2.45) is 0 Å². The zero-order chi connectivity index (χ0) is 14.3. The van der Waals surface area contributed by atoms with E-state index in [1.807, 2.05) is 0 Å². The fourth-order valence-electron chi connectivity index (χ4n) is 1.25. The van der Waals surface area contributed by atoms with Gasteiger partial charge in [0.25, 0.3) is 0 Å². The molecule has 0 radical (unpaired) electrons. The Balaban J connectivity index is 2.29. The zero-order valence-corrected chi connectivity index (χ0v) is 11.5. The lowest BCUT2D eigenvalue weighted by Gasteiger charge is -2.07. The molecule has 1 rings (SSSR count). The lowest BCUT2D eigenvalue weighted by atomic mass is 10.3. The van der Waals surface area contributed by atoms with Gasteiger partial charge >= 0.3 is 5.97 Å². The van der Waals surface area contributed by atoms with Crippen LogP contribution in [0.25, 0.3) is 0 Å². The monoisotopic (exact) mass is 305 g/mol. The number of aliphatic carboxylic acids is 1.